The van der Waals surface area contributed by atoms with Gasteiger partial charge in [-0.15, -0.1) is 11.3 Å². The summed E-state index contributed by atoms with van der Waals surface area (Å²) in [5, 5.41) is 5.36. The zero-order chi connectivity index (χ0) is 15.4. The molecule has 0 radical (unpaired) electrons. The summed E-state index contributed by atoms with van der Waals surface area (Å²) in [6.45, 7) is 2.09. The number of nitrogens with zero attached hydrogens (tertiary/aromatic N) is 1. The minimum atomic E-state index is 0.131. The molecule has 0 saturated carbocycles. The highest BCUT2D eigenvalue weighted by Crippen LogP contribution is 2.36. The van der Waals surface area contributed by atoms with Crippen molar-refractivity contribution in [1.29, 1.82) is 0 Å². The largest absolute Gasteiger partial charge is 0.484 e. The van der Waals surface area contributed by atoms with Gasteiger partial charge in [-0.1, -0.05) is 12.1 Å². The zero-order valence-corrected chi connectivity index (χ0v) is 14.2. The molecule has 0 spiro atoms. The minimum Gasteiger partial charge on any atom is -0.484 e. The Balaban J connectivity index is 1.85. The lowest BCUT2D eigenvalue weighted by Gasteiger charge is -2.30. The fraction of sp³-hybridized carbons (Fsp3) is 0.444. The first-order valence-electron chi connectivity index (χ1n) is 7.97. The lowest BCUT2D eigenvalue weighted by atomic mass is 10.0. The van der Waals surface area contributed by atoms with Crippen molar-refractivity contribution >= 4 is 17.0 Å². The average molecular weight is 316 g/mol. The van der Waals surface area contributed by atoms with Gasteiger partial charge < -0.3 is 15.0 Å². The van der Waals surface area contributed by atoms with Crippen molar-refractivity contribution in [3.8, 4) is 5.75 Å². The van der Waals surface area contributed by atoms with Crippen LogP contribution in [0.15, 0.2) is 35.7 Å². The predicted octanol–water partition coefficient (Wildman–Crippen LogP) is 3.86. The van der Waals surface area contributed by atoms with Crippen molar-refractivity contribution in [3.63, 3.8) is 0 Å². The lowest BCUT2D eigenvalue weighted by Crippen LogP contribution is -2.25. The smallest absolute Gasteiger partial charge is 0.134 e. The van der Waals surface area contributed by atoms with E-state index in [9.17, 15) is 0 Å². The van der Waals surface area contributed by atoms with Gasteiger partial charge in [0, 0.05) is 36.1 Å². The molecule has 1 atom stereocenters. The second kappa shape index (κ2) is 7.16. The Hall–Kier alpha value is -1.52. The number of thiophene rings is 1. The molecule has 0 saturated heterocycles. The molecule has 118 valence electrons. The third-order valence-electron chi connectivity index (χ3n) is 4.23. The molecule has 0 aliphatic carbocycles. The van der Waals surface area contributed by atoms with Gasteiger partial charge in [0.2, 0.25) is 0 Å². The summed E-state index contributed by atoms with van der Waals surface area (Å²) in [4.78, 5) is 3.64. The van der Waals surface area contributed by atoms with Gasteiger partial charge in [-0.05, 0) is 50.0 Å². The molecule has 2 aromatic rings. The van der Waals surface area contributed by atoms with Crippen LogP contribution >= 0.6 is 11.3 Å². The first-order valence-corrected chi connectivity index (χ1v) is 8.85. The van der Waals surface area contributed by atoms with E-state index in [0.29, 0.717) is 0 Å². The summed E-state index contributed by atoms with van der Waals surface area (Å²) in [6.07, 6.45) is 3.42. The molecule has 3 nitrogen and oxygen atoms in total. The van der Waals surface area contributed by atoms with Crippen LogP contribution in [0.2, 0.25) is 0 Å². The van der Waals surface area contributed by atoms with Gasteiger partial charge in [-0.25, -0.2) is 0 Å². The fourth-order valence-electron chi connectivity index (χ4n) is 3.05. The molecule has 3 rings (SSSR count). The Morgan fingerprint density at radius 1 is 1.32 bits per heavy atom. The van der Waals surface area contributed by atoms with Crippen molar-refractivity contribution in [2.45, 2.75) is 25.4 Å². The minimum absolute atomic E-state index is 0.131. The molecule has 0 fully saturated rings. The molecule has 22 heavy (non-hydrogen) atoms. The van der Waals surface area contributed by atoms with Crippen LogP contribution in [-0.4, -0.2) is 27.2 Å². The Kier molecular flexibility index (Phi) is 5.01. The van der Waals surface area contributed by atoms with E-state index in [0.717, 1.165) is 31.7 Å². The first kappa shape index (κ1) is 15.4. The lowest BCUT2D eigenvalue weighted by molar-refractivity contribution is 0.196. The Morgan fingerprint density at radius 2 is 2.23 bits per heavy atom. The highest BCUT2D eigenvalue weighted by Gasteiger charge is 2.21. The molecule has 1 aromatic carbocycles. The summed E-state index contributed by atoms with van der Waals surface area (Å²) in [7, 11) is 4.16. The number of rotatable bonds is 6. The molecular formula is C18H24N2OS. The van der Waals surface area contributed by atoms with Crippen molar-refractivity contribution in [3.05, 3.63) is 46.2 Å². The van der Waals surface area contributed by atoms with E-state index >= 15 is 0 Å². The summed E-state index contributed by atoms with van der Waals surface area (Å²) < 4.78 is 6.45. The molecule has 2 heterocycles. The van der Waals surface area contributed by atoms with Crippen LogP contribution in [0.4, 0.5) is 5.69 Å². The topological polar surface area (TPSA) is 24.5 Å². The summed E-state index contributed by atoms with van der Waals surface area (Å²) in [6, 6.07) is 10.7. The maximum Gasteiger partial charge on any atom is 0.134 e. The highest BCUT2D eigenvalue weighted by atomic mass is 32.1. The van der Waals surface area contributed by atoms with E-state index in [4.69, 9.17) is 4.74 Å². The van der Waals surface area contributed by atoms with E-state index in [2.05, 4.69) is 53.0 Å². The number of nitrogens with one attached hydrogen (secondary N) is 1. The summed E-state index contributed by atoms with van der Waals surface area (Å²) in [5.74, 6) is 1.05. The van der Waals surface area contributed by atoms with Gasteiger partial charge in [0.25, 0.3) is 0 Å². The summed E-state index contributed by atoms with van der Waals surface area (Å²) >= 11 is 1.78. The quantitative estimate of drug-likeness (QED) is 0.876. The molecule has 1 aromatic heterocycles. The van der Waals surface area contributed by atoms with E-state index in [1.54, 1.807) is 11.3 Å². The van der Waals surface area contributed by atoms with Crippen LogP contribution in [0.1, 0.15) is 29.4 Å². The third kappa shape index (κ3) is 3.28. The van der Waals surface area contributed by atoms with Crippen molar-refractivity contribution < 1.29 is 4.74 Å². The number of ether oxygens (including phenoxy) is 1. The van der Waals surface area contributed by atoms with Gasteiger partial charge in [-0.3, -0.25) is 0 Å². The van der Waals surface area contributed by atoms with Gasteiger partial charge in [0.05, 0.1) is 0 Å². The monoisotopic (exact) mass is 316 g/mol. The number of hydrogen-bond acceptors (Lipinski definition) is 4. The van der Waals surface area contributed by atoms with Crippen LogP contribution < -0.4 is 15.0 Å². The molecule has 1 aliphatic rings. The average Bonchev–Trinajstić information content (AvgIpc) is 3.06. The number of hydrogen-bond donors (Lipinski definition) is 1. The zero-order valence-electron chi connectivity index (χ0n) is 13.3. The SMILES string of the molecule is CNCCC(Oc1cccc2c1CCCN2C)c1cccs1. The standard InChI is InChI=1S/C18H24N2OS/c1-19-11-10-17(18-9-5-13-22-18)21-16-8-3-7-15-14(16)6-4-12-20(15)2/h3,5,7-9,13,17,19H,4,6,10-12H2,1-2H3. The van der Waals surface area contributed by atoms with Gasteiger partial charge in [0.15, 0.2) is 0 Å². The number of anilines is 1. The molecule has 4 heteroatoms. The molecular weight excluding hydrogens is 292 g/mol. The number of benzene rings is 1. The van der Waals surface area contributed by atoms with Gasteiger partial charge in [-0.2, -0.15) is 0 Å². The maximum atomic E-state index is 6.45. The van der Waals surface area contributed by atoms with E-state index < -0.39 is 0 Å². The van der Waals surface area contributed by atoms with Crippen LogP contribution in [0.3, 0.4) is 0 Å². The highest BCUT2D eigenvalue weighted by molar-refractivity contribution is 7.10. The van der Waals surface area contributed by atoms with Crippen molar-refractivity contribution in [1.82, 2.24) is 5.32 Å². The normalized spacial score (nSPS) is 15.5. The van der Waals surface area contributed by atoms with Gasteiger partial charge >= 0.3 is 0 Å². The Bertz CT molecular complexity index is 597. The fourth-order valence-corrected chi connectivity index (χ4v) is 3.84. The van der Waals surface area contributed by atoms with Crippen molar-refractivity contribution in [2.75, 3.05) is 32.1 Å². The Labute approximate surface area is 136 Å². The van der Waals surface area contributed by atoms with Crippen LogP contribution in [0, 0.1) is 0 Å². The summed E-state index contributed by atoms with van der Waals surface area (Å²) in [5.41, 5.74) is 2.68. The predicted molar refractivity (Wildman–Crippen MR) is 94.3 cm³/mol. The Morgan fingerprint density at radius 3 is 3.00 bits per heavy atom. The first-order chi connectivity index (χ1) is 10.8. The van der Waals surface area contributed by atoms with E-state index in [1.807, 2.05) is 7.05 Å². The third-order valence-corrected chi connectivity index (χ3v) is 5.19. The second-order valence-corrected chi connectivity index (χ2v) is 6.77. The van der Waals surface area contributed by atoms with Crippen molar-refractivity contribution in [2.24, 2.45) is 0 Å². The van der Waals surface area contributed by atoms with E-state index in [1.165, 1.54) is 22.5 Å². The molecule has 1 N–H and O–H groups in total. The molecule has 0 bridgehead atoms. The second-order valence-electron chi connectivity index (χ2n) is 5.79. The molecule has 1 unspecified atom stereocenters. The van der Waals surface area contributed by atoms with Crippen LogP contribution in [-0.2, 0) is 6.42 Å². The maximum absolute atomic E-state index is 6.45. The van der Waals surface area contributed by atoms with Gasteiger partial charge in [0.1, 0.15) is 11.9 Å². The molecule has 1 aliphatic heterocycles. The number of fused-ring (bicyclic) bond motifs is 1. The van der Waals surface area contributed by atoms with E-state index in [-0.39, 0.29) is 6.10 Å². The van der Waals surface area contributed by atoms with Crippen LogP contribution in [0.25, 0.3) is 0 Å². The van der Waals surface area contributed by atoms with Crippen LogP contribution in [0.5, 0.6) is 5.75 Å². The molecule has 0 amide bonds.